The molecule has 3 N–H and O–H groups in total. The van der Waals surface area contributed by atoms with Crippen molar-refractivity contribution in [3.8, 4) is 11.3 Å². The second kappa shape index (κ2) is 5.46. The van der Waals surface area contributed by atoms with E-state index in [9.17, 15) is 0 Å². The largest absolute Gasteiger partial charge is 0.399 e. The number of hydrogen-bond donors (Lipinski definition) is 2. The molecule has 5 heteroatoms. The van der Waals surface area contributed by atoms with Crippen molar-refractivity contribution in [3.63, 3.8) is 0 Å². The van der Waals surface area contributed by atoms with Crippen molar-refractivity contribution < 1.29 is 5.11 Å². The Morgan fingerprint density at radius 3 is 2.61 bits per heavy atom. The summed E-state index contributed by atoms with van der Waals surface area (Å²) in [5, 5.41) is 8.90. The van der Waals surface area contributed by atoms with Crippen LogP contribution in [0.4, 0.5) is 11.6 Å². The molecule has 1 aromatic heterocycles. The van der Waals surface area contributed by atoms with E-state index in [2.05, 4.69) is 9.97 Å². The molecule has 0 saturated heterocycles. The van der Waals surface area contributed by atoms with Gasteiger partial charge in [0.15, 0.2) is 0 Å². The van der Waals surface area contributed by atoms with Crippen LogP contribution in [-0.4, -0.2) is 35.3 Å². The molecule has 0 atom stereocenters. The predicted octanol–water partition coefficient (Wildman–Crippen LogP) is 1.15. The maximum atomic E-state index is 8.90. The molecular weight excluding hydrogens is 228 g/mol. The molecule has 0 radical (unpaired) electrons. The van der Waals surface area contributed by atoms with E-state index in [1.54, 1.807) is 11.1 Å². The molecule has 0 fully saturated rings. The highest BCUT2D eigenvalue weighted by Crippen LogP contribution is 2.19. The number of nitrogens with zero attached hydrogens (tertiary/aromatic N) is 3. The molecule has 0 spiro atoms. The second-order valence-corrected chi connectivity index (χ2v) is 4.01. The zero-order valence-corrected chi connectivity index (χ0v) is 10.2. The minimum absolute atomic E-state index is 0.0754. The van der Waals surface area contributed by atoms with Crippen LogP contribution in [0.15, 0.2) is 36.5 Å². The Bertz CT molecular complexity index is 513. The van der Waals surface area contributed by atoms with Crippen LogP contribution in [0.25, 0.3) is 11.3 Å². The first-order valence-corrected chi connectivity index (χ1v) is 5.71. The number of aromatic nitrogens is 2. The van der Waals surface area contributed by atoms with E-state index in [1.807, 2.05) is 37.4 Å². The van der Waals surface area contributed by atoms with Gasteiger partial charge in [-0.05, 0) is 18.2 Å². The average Bonchev–Trinajstić information content (AvgIpc) is 2.40. The first kappa shape index (κ1) is 12.3. The molecule has 0 aliphatic rings. The summed E-state index contributed by atoms with van der Waals surface area (Å²) in [6.45, 7) is 0.581. The number of aliphatic hydroxyl groups excluding tert-OH is 1. The summed E-state index contributed by atoms with van der Waals surface area (Å²) in [7, 11) is 1.85. The Morgan fingerprint density at radius 2 is 1.94 bits per heavy atom. The van der Waals surface area contributed by atoms with Crippen molar-refractivity contribution in [1.29, 1.82) is 0 Å². The van der Waals surface area contributed by atoms with Crippen LogP contribution in [0.3, 0.4) is 0 Å². The van der Waals surface area contributed by atoms with E-state index in [-0.39, 0.29) is 6.61 Å². The van der Waals surface area contributed by atoms with Crippen LogP contribution in [0.2, 0.25) is 0 Å². The third-order valence-electron chi connectivity index (χ3n) is 2.63. The number of benzene rings is 1. The summed E-state index contributed by atoms with van der Waals surface area (Å²) in [5.41, 5.74) is 8.21. The van der Waals surface area contributed by atoms with Gasteiger partial charge in [0.05, 0.1) is 12.3 Å². The van der Waals surface area contributed by atoms with Gasteiger partial charge < -0.3 is 15.7 Å². The smallest absolute Gasteiger partial charge is 0.225 e. The van der Waals surface area contributed by atoms with E-state index >= 15 is 0 Å². The van der Waals surface area contributed by atoms with Crippen LogP contribution in [0, 0.1) is 0 Å². The molecule has 0 bridgehead atoms. The van der Waals surface area contributed by atoms with Crippen LogP contribution in [0.1, 0.15) is 0 Å². The summed E-state index contributed by atoms with van der Waals surface area (Å²) in [6, 6.07) is 9.38. The Balaban J connectivity index is 2.29. The van der Waals surface area contributed by atoms with Crippen molar-refractivity contribution in [1.82, 2.24) is 9.97 Å². The zero-order chi connectivity index (χ0) is 13.0. The van der Waals surface area contributed by atoms with Gasteiger partial charge in [0.25, 0.3) is 0 Å². The lowest BCUT2D eigenvalue weighted by atomic mass is 10.1. The van der Waals surface area contributed by atoms with Crippen molar-refractivity contribution in [2.24, 2.45) is 0 Å². The molecule has 0 saturated carbocycles. The summed E-state index contributed by atoms with van der Waals surface area (Å²) in [5.74, 6) is 0.596. The Kier molecular flexibility index (Phi) is 3.74. The fraction of sp³-hybridized carbons (Fsp3) is 0.231. The van der Waals surface area contributed by atoms with Crippen molar-refractivity contribution in [3.05, 3.63) is 36.5 Å². The van der Waals surface area contributed by atoms with Gasteiger partial charge in [-0.25, -0.2) is 9.97 Å². The zero-order valence-electron chi connectivity index (χ0n) is 10.2. The fourth-order valence-corrected chi connectivity index (χ4v) is 1.60. The second-order valence-electron chi connectivity index (χ2n) is 4.01. The molecule has 5 nitrogen and oxygen atoms in total. The maximum Gasteiger partial charge on any atom is 0.225 e. The molecule has 18 heavy (non-hydrogen) atoms. The molecule has 2 aromatic rings. The predicted molar refractivity (Wildman–Crippen MR) is 72.2 cm³/mol. The minimum atomic E-state index is 0.0754. The van der Waals surface area contributed by atoms with E-state index < -0.39 is 0 Å². The molecule has 1 aromatic carbocycles. The molecule has 94 valence electrons. The van der Waals surface area contributed by atoms with E-state index in [4.69, 9.17) is 10.8 Å². The van der Waals surface area contributed by atoms with E-state index in [0.717, 1.165) is 16.9 Å². The monoisotopic (exact) mass is 244 g/mol. The molecule has 0 aliphatic carbocycles. The van der Waals surface area contributed by atoms with Gasteiger partial charge in [-0.15, -0.1) is 0 Å². The Labute approximate surface area is 106 Å². The molecule has 2 rings (SSSR count). The number of anilines is 2. The topological polar surface area (TPSA) is 75.3 Å². The normalized spacial score (nSPS) is 10.3. The first-order chi connectivity index (χ1) is 8.70. The average molecular weight is 244 g/mol. The lowest BCUT2D eigenvalue weighted by molar-refractivity contribution is 0.303. The number of hydrogen-bond acceptors (Lipinski definition) is 5. The number of nitrogen functional groups attached to an aromatic ring is 1. The number of likely N-dealkylation sites (N-methyl/N-ethyl adjacent to an activating group) is 1. The van der Waals surface area contributed by atoms with Gasteiger partial charge in [0, 0.05) is 31.0 Å². The lowest BCUT2D eigenvalue weighted by Gasteiger charge is -2.15. The molecule has 0 aliphatic heterocycles. The van der Waals surface area contributed by atoms with Gasteiger partial charge in [-0.3, -0.25) is 0 Å². The van der Waals surface area contributed by atoms with Crippen molar-refractivity contribution in [2.45, 2.75) is 0 Å². The highest BCUT2D eigenvalue weighted by atomic mass is 16.3. The highest BCUT2D eigenvalue weighted by Gasteiger charge is 2.05. The van der Waals surface area contributed by atoms with Crippen LogP contribution in [0.5, 0.6) is 0 Å². The SMILES string of the molecule is CN(CCO)c1nccc(-c2ccc(N)cc2)n1. The van der Waals surface area contributed by atoms with Crippen molar-refractivity contribution in [2.75, 3.05) is 30.8 Å². The Morgan fingerprint density at radius 1 is 1.22 bits per heavy atom. The summed E-state index contributed by atoms with van der Waals surface area (Å²) < 4.78 is 0. The molecule has 1 heterocycles. The highest BCUT2D eigenvalue weighted by molar-refractivity contribution is 5.62. The van der Waals surface area contributed by atoms with Crippen LogP contribution >= 0.6 is 0 Å². The standard InChI is InChI=1S/C13H16N4O/c1-17(8-9-18)13-15-7-6-12(16-13)10-2-4-11(14)5-3-10/h2-7,18H,8-9,14H2,1H3. The molecule has 0 unspecified atom stereocenters. The van der Waals surface area contributed by atoms with Gasteiger partial charge in [-0.1, -0.05) is 12.1 Å². The first-order valence-electron chi connectivity index (χ1n) is 5.71. The van der Waals surface area contributed by atoms with Gasteiger partial charge in [0.1, 0.15) is 0 Å². The van der Waals surface area contributed by atoms with Gasteiger partial charge in [-0.2, -0.15) is 0 Å². The van der Waals surface area contributed by atoms with Crippen LogP contribution < -0.4 is 10.6 Å². The fourth-order valence-electron chi connectivity index (χ4n) is 1.60. The summed E-state index contributed by atoms with van der Waals surface area (Å²) in [4.78, 5) is 10.4. The van der Waals surface area contributed by atoms with Gasteiger partial charge in [0.2, 0.25) is 5.95 Å². The number of rotatable bonds is 4. The number of nitrogens with two attached hydrogens (primary N) is 1. The number of aliphatic hydroxyl groups is 1. The van der Waals surface area contributed by atoms with E-state index in [1.165, 1.54) is 0 Å². The summed E-state index contributed by atoms with van der Waals surface area (Å²) >= 11 is 0. The minimum Gasteiger partial charge on any atom is -0.399 e. The van der Waals surface area contributed by atoms with Gasteiger partial charge >= 0.3 is 0 Å². The lowest BCUT2D eigenvalue weighted by Crippen LogP contribution is -2.23. The van der Waals surface area contributed by atoms with Crippen molar-refractivity contribution >= 4 is 11.6 Å². The summed E-state index contributed by atoms with van der Waals surface area (Å²) in [6.07, 6.45) is 1.71. The van der Waals surface area contributed by atoms with Crippen LogP contribution in [-0.2, 0) is 0 Å². The quantitative estimate of drug-likeness (QED) is 0.789. The third-order valence-corrected chi connectivity index (χ3v) is 2.63. The molecule has 0 amide bonds. The van der Waals surface area contributed by atoms with E-state index in [0.29, 0.717) is 12.5 Å². The Hall–Kier alpha value is -2.14. The maximum absolute atomic E-state index is 8.90. The molecular formula is C13H16N4O. The third kappa shape index (κ3) is 2.75.